The fourth-order valence-corrected chi connectivity index (χ4v) is 6.24. The van der Waals surface area contributed by atoms with Gasteiger partial charge in [-0.25, -0.2) is 9.97 Å². The first-order valence-corrected chi connectivity index (χ1v) is 13.0. The van der Waals surface area contributed by atoms with Gasteiger partial charge in [0.2, 0.25) is 5.95 Å². The van der Waals surface area contributed by atoms with Gasteiger partial charge in [-0.15, -0.1) is 10.2 Å². The van der Waals surface area contributed by atoms with Crippen molar-refractivity contribution in [1.82, 2.24) is 20.2 Å². The highest BCUT2D eigenvalue weighted by atomic mass is 16.4. The van der Waals surface area contributed by atoms with Crippen LogP contribution in [-0.2, 0) is 4.79 Å². The molecule has 3 aliphatic rings. The van der Waals surface area contributed by atoms with E-state index in [1.165, 1.54) is 0 Å². The Kier molecular flexibility index (Phi) is 6.02. The lowest BCUT2D eigenvalue weighted by molar-refractivity contribution is -0.142. The molecule has 2 atom stereocenters. The van der Waals surface area contributed by atoms with Crippen molar-refractivity contribution < 1.29 is 15.0 Å². The summed E-state index contributed by atoms with van der Waals surface area (Å²) in [5, 5.41) is 27.9. The Balaban J connectivity index is 1.17. The van der Waals surface area contributed by atoms with Gasteiger partial charge in [0.25, 0.3) is 0 Å². The van der Waals surface area contributed by atoms with Crippen LogP contribution in [0.5, 0.6) is 5.75 Å². The molecule has 2 bridgehead atoms. The Morgan fingerprint density at radius 3 is 2.27 bits per heavy atom. The Labute approximate surface area is 215 Å². The third kappa shape index (κ3) is 4.41. The van der Waals surface area contributed by atoms with Crippen LogP contribution in [0.4, 0.5) is 17.5 Å². The summed E-state index contributed by atoms with van der Waals surface area (Å²) < 4.78 is 0. The molecule has 192 valence electrons. The maximum absolute atomic E-state index is 11.3. The lowest BCUT2D eigenvalue weighted by Crippen LogP contribution is -2.54. The number of aromatic hydroxyl groups is 1. The average molecular weight is 502 g/mol. The number of aliphatic carboxylic acids is 1. The Hall–Kier alpha value is -3.95. The van der Waals surface area contributed by atoms with E-state index in [1.54, 1.807) is 12.1 Å². The van der Waals surface area contributed by atoms with Gasteiger partial charge in [0, 0.05) is 43.1 Å². The molecule has 4 heterocycles. The van der Waals surface area contributed by atoms with Crippen LogP contribution >= 0.6 is 0 Å². The second-order valence-corrected chi connectivity index (χ2v) is 10.4. The number of carbonyl (C=O) groups is 1. The lowest BCUT2D eigenvalue weighted by atomic mass is 9.79. The number of benzene rings is 1. The maximum atomic E-state index is 11.3. The molecule has 0 amide bonds. The average Bonchev–Trinajstić information content (AvgIpc) is 3.18. The molecule has 2 saturated heterocycles. The van der Waals surface area contributed by atoms with Gasteiger partial charge >= 0.3 is 5.97 Å². The quantitative estimate of drug-likeness (QED) is 0.476. The van der Waals surface area contributed by atoms with Crippen LogP contribution in [0.1, 0.15) is 50.0 Å². The van der Waals surface area contributed by atoms with Crippen molar-refractivity contribution >= 4 is 23.4 Å². The molecule has 0 spiro atoms. The Morgan fingerprint density at radius 1 is 0.946 bits per heavy atom. The number of phenolic OH excluding ortho intramolecular Hbond substituents is 1. The van der Waals surface area contributed by atoms with E-state index < -0.39 is 5.97 Å². The zero-order chi connectivity index (χ0) is 25.5. The second kappa shape index (κ2) is 9.49. The predicted molar refractivity (Wildman–Crippen MR) is 139 cm³/mol. The van der Waals surface area contributed by atoms with E-state index in [1.807, 2.05) is 30.6 Å². The highest BCUT2D eigenvalue weighted by molar-refractivity contribution is 5.74. The first kappa shape index (κ1) is 23.4. The van der Waals surface area contributed by atoms with Crippen LogP contribution in [0, 0.1) is 5.92 Å². The molecule has 1 saturated carbocycles. The molecule has 6 rings (SSSR count). The van der Waals surface area contributed by atoms with Gasteiger partial charge in [-0.1, -0.05) is 12.1 Å². The van der Waals surface area contributed by atoms with Crippen molar-refractivity contribution in [1.29, 1.82) is 0 Å². The zero-order valence-corrected chi connectivity index (χ0v) is 20.6. The molecular weight excluding hydrogens is 470 g/mol. The summed E-state index contributed by atoms with van der Waals surface area (Å²) >= 11 is 0. The second-order valence-electron chi connectivity index (χ2n) is 10.4. The van der Waals surface area contributed by atoms with Crippen LogP contribution in [0.3, 0.4) is 0 Å². The molecule has 0 radical (unpaired) electrons. The first-order valence-electron chi connectivity index (χ1n) is 13.0. The molecule has 2 unspecified atom stereocenters. The number of aromatic nitrogens is 4. The molecule has 3 aromatic rings. The number of nitrogens with two attached hydrogens (primary N) is 1. The molecule has 37 heavy (non-hydrogen) atoms. The molecule has 1 aromatic carbocycles. The van der Waals surface area contributed by atoms with Gasteiger partial charge in [-0.3, -0.25) is 4.79 Å². The normalized spacial score (nSPS) is 25.3. The molecule has 2 aromatic heterocycles. The summed E-state index contributed by atoms with van der Waals surface area (Å²) in [5.74, 6) is 0.725. The number of rotatable bonds is 5. The van der Waals surface area contributed by atoms with Gasteiger partial charge < -0.3 is 25.7 Å². The predicted octanol–water partition coefficient (Wildman–Crippen LogP) is 3.44. The minimum absolute atomic E-state index is 0.160. The highest BCUT2D eigenvalue weighted by Gasteiger charge is 2.42. The number of nitrogens with zero attached hydrogens (tertiary/aromatic N) is 6. The number of phenols is 1. The largest absolute Gasteiger partial charge is 0.507 e. The van der Waals surface area contributed by atoms with E-state index in [9.17, 15) is 15.0 Å². The standard InChI is InChI=1S/C27H31N7O3/c28-25-23(11-22(31-32-25)21-3-1-2-4-24(21)35)33-14-19-9-10-20(15-33)34(19)27-29-12-18(13-30-27)16-5-7-17(8-6-16)26(36)37/h1-4,11-13,16-17,19-20,35H,5-10,14-15H2,(H2,28,32)(H,36,37)/t16-,17-,19?,20?. The van der Waals surface area contributed by atoms with Crippen molar-refractivity contribution in [3.05, 3.63) is 48.3 Å². The number of nitrogen functional groups attached to an aromatic ring is 1. The fourth-order valence-electron chi connectivity index (χ4n) is 6.24. The number of piperazine rings is 1. The van der Waals surface area contributed by atoms with Gasteiger partial charge in [0.15, 0.2) is 5.82 Å². The van der Waals surface area contributed by atoms with Gasteiger partial charge in [0.1, 0.15) is 5.75 Å². The maximum Gasteiger partial charge on any atom is 0.306 e. The van der Waals surface area contributed by atoms with Crippen molar-refractivity contribution in [3.63, 3.8) is 0 Å². The number of hydrogen-bond donors (Lipinski definition) is 3. The fraction of sp³-hybridized carbons (Fsp3) is 0.444. The highest BCUT2D eigenvalue weighted by Crippen LogP contribution is 2.39. The molecule has 3 fully saturated rings. The van der Waals surface area contributed by atoms with E-state index >= 15 is 0 Å². The van der Waals surface area contributed by atoms with E-state index in [-0.39, 0.29) is 23.8 Å². The third-order valence-corrected chi connectivity index (χ3v) is 8.24. The van der Waals surface area contributed by atoms with E-state index in [0.29, 0.717) is 35.8 Å². The molecule has 10 nitrogen and oxygen atoms in total. The molecular formula is C27H31N7O3. The van der Waals surface area contributed by atoms with Crippen LogP contribution in [0.25, 0.3) is 11.3 Å². The smallest absolute Gasteiger partial charge is 0.306 e. The minimum atomic E-state index is -0.682. The van der Waals surface area contributed by atoms with E-state index in [0.717, 1.165) is 56.0 Å². The number of carboxylic acids is 1. The van der Waals surface area contributed by atoms with Crippen molar-refractivity contribution in [2.45, 2.75) is 56.5 Å². The summed E-state index contributed by atoms with van der Waals surface area (Å²) in [6.07, 6.45) is 9.14. The third-order valence-electron chi connectivity index (χ3n) is 8.24. The number of para-hydroxylation sites is 1. The number of carboxylic acid groups (broad SMARTS) is 1. The summed E-state index contributed by atoms with van der Waals surface area (Å²) in [5.41, 5.74) is 9.41. The van der Waals surface area contributed by atoms with E-state index in [4.69, 9.17) is 15.7 Å². The number of hydrogen-bond acceptors (Lipinski definition) is 9. The lowest BCUT2D eigenvalue weighted by Gasteiger charge is -2.42. The van der Waals surface area contributed by atoms with Crippen molar-refractivity contribution in [2.75, 3.05) is 28.6 Å². The van der Waals surface area contributed by atoms with Gasteiger partial charge in [0.05, 0.1) is 17.3 Å². The van der Waals surface area contributed by atoms with Gasteiger partial charge in [-0.05, 0) is 68.2 Å². The topological polar surface area (TPSA) is 142 Å². The summed E-state index contributed by atoms with van der Waals surface area (Å²) in [4.78, 5) is 25.4. The zero-order valence-electron chi connectivity index (χ0n) is 20.6. The summed E-state index contributed by atoms with van der Waals surface area (Å²) in [6, 6.07) is 9.53. The molecule has 2 aliphatic heterocycles. The summed E-state index contributed by atoms with van der Waals surface area (Å²) in [6.45, 7) is 1.55. The molecule has 10 heteroatoms. The monoisotopic (exact) mass is 501 g/mol. The summed E-state index contributed by atoms with van der Waals surface area (Å²) in [7, 11) is 0. The minimum Gasteiger partial charge on any atom is -0.507 e. The first-order chi connectivity index (χ1) is 18.0. The van der Waals surface area contributed by atoms with Crippen LogP contribution < -0.4 is 15.5 Å². The van der Waals surface area contributed by atoms with E-state index in [2.05, 4.69) is 20.0 Å². The van der Waals surface area contributed by atoms with Crippen LogP contribution in [-0.4, -0.2) is 61.5 Å². The number of fused-ring (bicyclic) bond motifs is 2. The number of anilines is 3. The van der Waals surface area contributed by atoms with Gasteiger partial charge in [-0.2, -0.15) is 0 Å². The van der Waals surface area contributed by atoms with Crippen molar-refractivity contribution in [3.8, 4) is 17.0 Å². The Bertz CT molecular complexity index is 1280. The van der Waals surface area contributed by atoms with Crippen LogP contribution in [0.2, 0.25) is 0 Å². The van der Waals surface area contributed by atoms with Crippen molar-refractivity contribution in [2.24, 2.45) is 5.92 Å². The molecule has 4 N–H and O–H groups in total. The Morgan fingerprint density at radius 2 is 1.62 bits per heavy atom. The molecule has 1 aliphatic carbocycles. The van der Waals surface area contributed by atoms with Crippen LogP contribution in [0.15, 0.2) is 42.7 Å². The SMILES string of the molecule is Nc1nnc(-c2ccccc2O)cc1N1CC2CCC(C1)N2c1ncc([C@H]2CC[C@H](C(=O)O)CC2)cn1.